The number of thiazole rings is 1. The van der Waals surface area contributed by atoms with Crippen LogP contribution in [0.2, 0.25) is 0 Å². The van der Waals surface area contributed by atoms with E-state index in [1.54, 1.807) is 22.7 Å². The molecule has 0 aliphatic heterocycles. The monoisotopic (exact) mass is 295 g/mol. The third-order valence-electron chi connectivity index (χ3n) is 2.63. The summed E-state index contributed by atoms with van der Waals surface area (Å²) >= 11 is 3.35. The number of aromatic nitrogens is 1. The summed E-state index contributed by atoms with van der Waals surface area (Å²) in [4.78, 5) is 17.8. The number of anilines is 1. The van der Waals surface area contributed by atoms with Gasteiger partial charge in [0.1, 0.15) is 5.01 Å². The molecule has 0 aliphatic rings. The fourth-order valence-corrected chi connectivity index (χ4v) is 3.27. The molecular formula is C13H17N3OS2. The van der Waals surface area contributed by atoms with Gasteiger partial charge in [0.25, 0.3) is 0 Å². The number of nitrogens with one attached hydrogen (secondary N) is 2. The minimum absolute atomic E-state index is 0.0387. The Kier molecular flexibility index (Phi) is 4.68. The Hall–Kier alpha value is -1.24. The summed E-state index contributed by atoms with van der Waals surface area (Å²) in [5, 5.41) is 9.35. The van der Waals surface area contributed by atoms with Crippen LogP contribution < -0.4 is 10.6 Å². The predicted octanol–water partition coefficient (Wildman–Crippen LogP) is 3.32. The fraction of sp³-hybridized carbons (Fsp3) is 0.385. The van der Waals surface area contributed by atoms with E-state index in [1.807, 2.05) is 17.6 Å². The lowest BCUT2D eigenvalue weighted by Crippen LogP contribution is -2.18. The standard InChI is InChI=1S/C13H17N3OS2/c1-8-6-15-13(19-8)9(2)14-7-12-11(4-5-18-12)16-10(3)17/h4-6,9,14H,7H2,1-3H3,(H,16,17). The van der Waals surface area contributed by atoms with Gasteiger partial charge in [0, 0.05) is 29.4 Å². The zero-order chi connectivity index (χ0) is 13.8. The number of nitrogens with zero attached hydrogens (tertiary/aromatic N) is 1. The van der Waals surface area contributed by atoms with E-state index in [1.165, 1.54) is 11.8 Å². The summed E-state index contributed by atoms with van der Waals surface area (Å²) < 4.78 is 0. The zero-order valence-electron chi connectivity index (χ0n) is 11.2. The molecule has 102 valence electrons. The second-order valence-electron chi connectivity index (χ2n) is 4.35. The van der Waals surface area contributed by atoms with Crippen molar-refractivity contribution in [3.8, 4) is 0 Å². The Bertz CT molecular complexity index is 562. The van der Waals surface area contributed by atoms with Crippen molar-refractivity contribution in [3.63, 3.8) is 0 Å². The summed E-state index contributed by atoms with van der Waals surface area (Å²) in [7, 11) is 0. The van der Waals surface area contributed by atoms with Crippen molar-refractivity contribution in [3.05, 3.63) is 32.4 Å². The van der Waals surface area contributed by atoms with E-state index in [-0.39, 0.29) is 11.9 Å². The van der Waals surface area contributed by atoms with E-state index < -0.39 is 0 Å². The molecular weight excluding hydrogens is 278 g/mol. The molecule has 0 saturated carbocycles. The molecule has 1 atom stereocenters. The second kappa shape index (κ2) is 6.27. The Morgan fingerprint density at radius 1 is 1.53 bits per heavy atom. The molecule has 0 aliphatic carbocycles. The number of rotatable bonds is 5. The van der Waals surface area contributed by atoms with E-state index in [0.717, 1.165) is 22.1 Å². The van der Waals surface area contributed by atoms with Crippen molar-refractivity contribution in [2.24, 2.45) is 0 Å². The quantitative estimate of drug-likeness (QED) is 0.889. The molecule has 0 radical (unpaired) electrons. The molecule has 0 aromatic carbocycles. The first kappa shape index (κ1) is 14.2. The molecule has 2 aromatic heterocycles. The van der Waals surface area contributed by atoms with Gasteiger partial charge in [-0.15, -0.1) is 22.7 Å². The highest BCUT2D eigenvalue weighted by Gasteiger charge is 2.11. The fourth-order valence-electron chi connectivity index (χ4n) is 1.68. The number of hydrogen-bond donors (Lipinski definition) is 2. The molecule has 0 bridgehead atoms. The van der Waals surface area contributed by atoms with E-state index >= 15 is 0 Å². The number of carbonyl (C=O) groups is 1. The van der Waals surface area contributed by atoms with Gasteiger partial charge in [-0.3, -0.25) is 4.79 Å². The first-order valence-corrected chi connectivity index (χ1v) is 7.75. The van der Waals surface area contributed by atoms with Crippen LogP contribution in [0, 0.1) is 6.92 Å². The summed E-state index contributed by atoms with van der Waals surface area (Å²) in [5.74, 6) is -0.0387. The smallest absolute Gasteiger partial charge is 0.221 e. The van der Waals surface area contributed by atoms with Crippen LogP contribution in [0.25, 0.3) is 0 Å². The van der Waals surface area contributed by atoms with Crippen LogP contribution in [0.5, 0.6) is 0 Å². The Balaban J connectivity index is 1.95. The molecule has 0 fully saturated rings. The van der Waals surface area contributed by atoms with Gasteiger partial charge in [-0.1, -0.05) is 0 Å². The van der Waals surface area contributed by atoms with Gasteiger partial charge in [-0.05, 0) is 25.3 Å². The van der Waals surface area contributed by atoms with E-state index in [4.69, 9.17) is 0 Å². The summed E-state index contributed by atoms with van der Waals surface area (Å²) in [6.07, 6.45) is 1.89. The molecule has 1 unspecified atom stereocenters. The molecule has 2 N–H and O–H groups in total. The molecule has 6 heteroatoms. The molecule has 19 heavy (non-hydrogen) atoms. The molecule has 0 spiro atoms. The first-order chi connectivity index (χ1) is 9.06. The van der Waals surface area contributed by atoms with Crippen LogP contribution in [-0.2, 0) is 11.3 Å². The van der Waals surface area contributed by atoms with Gasteiger partial charge in [0.15, 0.2) is 0 Å². The Morgan fingerprint density at radius 3 is 2.95 bits per heavy atom. The van der Waals surface area contributed by atoms with Crippen molar-refractivity contribution in [1.29, 1.82) is 0 Å². The van der Waals surface area contributed by atoms with Gasteiger partial charge in [-0.2, -0.15) is 0 Å². The lowest BCUT2D eigenvalue weighted by molar-refractivity contribution is -0.114. The minimum atomic E-state index is -0.0387. The van der Waals surface area contributed by atoms with Crippen molar-refractivity contribution < 1.29 is 4.79 Å². The topological polar surface area (TPSA) is 54.0 Å². The molecule has 2 rings (SSSR count). The molecule has 0 saturated heterocycles. The SMILES string of the molecule is CC(=O)Nc1ccsc1CNC(C)c1ncc(C)s1. The number of amides is 1. The largest absolute Gasteiger partial charge is 0.325 e. The van der Waals surface area contributed by atoms with Crippen LogP contribution in [0.1, 0.15) is 34.7 Å². The third kappa shape index (κ3) is 3.86. The summed E-state index contributed by atoms with van der Waals surface area (Å²) in [6.45, 7) is 6.41. The normalized spacial score (nSPS) is 12.4. The zero-order valence-corrected chi connectivity index (χ0v) is 12.8. The molecule has 2 aromatic rings. The molecule has 4 nitrogen and oxygen atoms in total. The lowest BCUT2D eigenvalue weighted by Gasteiger charge is -2.11. The van der Waals surface area contributed by atoms with Crippen molar-refractivity contribution in [2.75, 3.05) is 5.32 Å². The van der Waals surface area contributed by atoms with Crippen LogP contribution >= 0.6 is 22.7 Å². The van der Waals surface area contributed by atoms with Crippen molar-refractivity contribution in [1.82, 2.24) is 10.3 Å². The number of carbonyl (C=O) groups excluding carboxylic acids is 1. The van der Waals surface area contributed by atoms with Crippen molar-refractivity contribution >= 4 is 34.3 Å². The maximum Gasteiger partial charge on any atom is 0.221 e. The van der Waals surface area contributed by atoms with E-state index in [9.17, 15) is 4.79 Å². The minimum Gasteiger partial charge on any atom is -0.325 e. The first-order valence-electron chi connectivity index (χ1n) is 6.06. The summed E-state index contributed by atoms with van der Waals surface area (Å²) in [6, 6.07) is 2.15. The van der Waals surface area contributed by atoms with Crippen LogP contribution in [0.4, 0.5) is 5.69 Å². The van der Waals surface area contributed by atoms with Crippen LogP contribution in [0.15, 0.2) is 17.6 Å². The van der Waals surface area contributed by atoms with E-state index in [0.29, 0.717) is 0 Å². The Labute approximate surface area is 120 Å². The average Bonchev–Trinajstić information content (AvgIpc) is 2.95. The maximum absolute atomic E-state index is 11.1. The van der Waals surface area contributed by atoms with Gasteiger partial charge in [0.05, 0.1) is 11.7 Å². The third-order valence-corrected chi connectivity index (χ3v) is 4.65. The van der Waals surface area contributed by atoms with Gasteiger partial charge >= 0.3 is 0 Å². The van der Waals surface area contributed by atoms with Gasteiger partial charge in [-0.25, -0.2) is 4.98 Å². The van der Waals surface area contributed by atoms with Crippen LogP contribution in [0.3, 0.4) is 0 Å². The lowest BCUT2D eigenvalue weighted by atomic mass is 10.3. The predicted molar refractivity (Wildman–Crippen MR) is 80.7 cm³/mol. The highest BCUT2D eigenvalue weighted by molar-refractivity contribution is 7.11. The summed E-state index contributed by atoms with van der Waals surface area (Å²) in [5.41, 5.74) is 0.896. The number of aryl methyl sites for hydroxylation is 1. The highest BCUT2D eigenvalue weighted by Crippen LogP contribution is 2.24. The molecule has 1 amide bonds. The van der Waals surface area contributed by atoms with E-state index in [2.05, 4.69) is 29.5 Å². The number of thiophene rings is 1. The van der Waals surface area contributed by atoms with Crippen molar-refractivity contribution in [2.45, 2.75) is 33.4 Å². The highest BCUT2D eigenvalue weighted by atomic mass is 32.1. The second-order valence-corrected chi connectivity index (χ2v) is 6.62. The van der Waals surface area contributed by atoms with Crippen LogP contribution in [-0.4, -0.2) is 10.9 Å². The number of hydrogen-bond acceptors (Lipinski definition) is 5. The van der Waals surface area contributed by atoms with Gasteiger partial charge in [0.2, 0.25) is 5.91 Å². The Morgan fingerprint density at radius 2 is 2.32 bits per heavy atom. The maximum atomic E-state index is 11.1. The molecule has 2 heterocycles. The average molecular weight is 295 g/mol. The van der Waals surface area contributed by atoms with Gasteiger partial charge < -0.3 is 10.6 Å².